The van der Waals surface area contributed by atoms with Gasteiger partial charge >= 0.3 is 0 Å². The fourth-order valence-corrected chi connectivity index (χ4v) is 2.41. The summed E-state index contributed by atoms with van der Waals surface area (Å²) in [5.41, 5.74) is 2.40. The van der Waals surface area contributed by atoms with Crippen molar-refractivity contribution in [1.29, 1.82) is 5.26 Å². The van der Waals surface area contributed by atoms with Gasteiger partial charge in [-0.05, 0) is 44.2 Å². The second-order valence-corrected chi connectivity index (χ2v) is 4.63. The first kappa shape index (κ1) is 11.6. The molecular formula is C11H11N5S. The monoisotopic (exact) mass is 245 g/mol. The number of pyridine rings is 1. The Bertz CT molecular complexity index is 596. The Morgan fingerprint density at radius 3 is 2.65 bits per heavy atom. The van der Waals surface area contributed by atoms with E-state index in [0.717, 1.165) is 17.1 Å². The highest BCUT2D eigenvalue weighted by molar-refractivity contribution is 7.99. The van der Waals surface area contributed by atoms with Gasteiger partial charge in [-0.3, -0.25) is 5.10 Å². The maximum absolute atomic E-state index is 9.12. The van der Waals surface area contributed by atoms with E-state index in [9.17, 15) is 0 Å². The van der Waals surface area contributed by atoms with Gasteiger partial charge in [0.2, 0.25) is 5.16 Å². The molecule has 2 rings (SSSR count). The molecule has 0 aliphatic carbocycles. The fourth-order valence-electron chi connectivity index (χ4n) is 1.47. The van der Waals surface area contributed by atoms with E-state index < -0.39 is 0 Å². The minimum atomic E-state index is 0.580. The molecule has 0 saturated carbocycles. The van der Waals surface area contributed by atoms with Crippen molar-refractivity contribution in [2.45, 2.75) is 31.0 Å². The summed E-state index contributed by atoms with van der Waals surface area (Å²) < 4.78 is 0. The molecule has 0 atom stereocenters. The van der Waals surface area contributed by atoms with Gasteiger partial charge in [0, 0.05) is 5.69 Å². The lowest BCUT2D eigenvalue weighted by Crippen LogP contribution is -1.94. The molecule has 2 heterocycles. The van der Waals surface area contributed by atoms with Crippen LogP contribution in [0, 0.1) is 32.1 Å². The summed E-state index contributed by atoms with van der Waals surface area (Å²) in [4.78, 5) is 8.54. The van der Waals surface area contributed by atoms with Gasteiger partial charge in [-0.2, -0.15) is 5.26 Å². The van der Waals surface area contributed by atoms with E-state index in [4.69, 9.17) is 5.26 Å². The number of aromatic nitrogens is 4. The zero-order valence-electron chi connectivity index (χ0n) is 9.77. The standard InChI is InChI=1S/C11H11N5S/c1-6-4-7(2)13-10(9(6)5-12)17-11-14-8(3)15-16-11/h4H,1-3H3,(H,14,15,16). The fraction of sp³-hybridized carbons (Fsp3) is 0.273. The van der Waals surface area contributed by atoms with Gasteiger partial charge in [0.1, 0.15) is 16.9 Å². The van der Waals surface area contributed by atoms with Gasteiger partial charge in [-0.15, -0.1) is 5.10 Å². The number of nitriles is 1. The summed E-state index contributed by atoms with van der Waals surface area (Å²) in [5.74, 6) is 0.746. The topological polar surface area (TPSA) is 78.2 Å². The largest absolute Gasteiger partial charge is 0.262 e. The summed E-state index contributed by atoms with van der Waals surface area (Å²) in [6.07, 6.45) is 0. The Morgan fingerprint density at radius 2 is 2.06 bits per heavy atom. The first-order chi connectivity index (χ1) is 8.10. The lowest BCUT2D eigenvalue weighted by molar-refractivity contribution is 0.957. The van der Waals surface area contributed by atoms with Gasteiger partial charge in [-0.1, -0.05) is 0 Å². The molecule has 0 radical (unpaired) electrons. The van der Waals surface area contributed by atoms with Crippen LogP contribution in [0.3, 0.4) is 0 Å². The molecule has 6 heteroatoms. The first-order valence-electron chi connectivity index (χ1n) is 5.05. The van der Waals surface area contributed by atoms with E-state index in [1.165, 1.54) is 11.8 Å². The maximum Gasteiger partial charge on any atom is 0.214 e. The van der Waals surface area contributed by atoms with Gasteiger partial charge in [0.05, 0.1) is 5.56 Å². The number of aryl methyl sites for hydroxylation is 3. The molecular weight excluding hydrogens is 234 g/mol. The lowest BCUT2D eigenvalue weighted by Gasteiger charge is -2.04. The molecule has 2 aromatic heterocycles. The maximum atomic E-state index is 9.12. The molecule has 0 fully saturated rings. The van der Waals surface area contributed by atoms with Gasteiger partial charge < -0.3 is 0 Å². The van der Waals surface area contributed by atoms with Crippen LogP contribution in [0.1, 0.15) is 22.6 Å². The number of rotatable bonds is 2. The molecule has 0 aliphatic heterocycles. The zero-order chi connectivity index (χ0) is 12.4. The molecule has 2 aromatic rings. The van der Waals surface area contributed by atoms with Crippen molar-refractivity contribution in [2.24, 2.45) is 0 Å². The average Bonchev–Trinajstić information content (AvgIpc) is 2.63. The van der Waals surface area contributed by atoms with E-state index in [-0.39, 0.29) is 0 Å². The number of nitrogens with one attached hydrogen (secondary N) is 1. The Balaban J connectivity index is 2.42. The smallest absolute Gasteiger partial charge is 0.214 e. The summed E-state index contributed by atoms with van der Waals surface area (Å²) in [5, 5.41) is 17.1. The molecule has 0 aliphatic rings. The van der Waals surface area contributed by atoms with Crippen molar-refractivity contribution in [2.75, 3.05) is 0 Å². The van der Waals surface area contributed by atoms with Crippen LogP contribution in [0.25, 0.3) is 0 Å². The van der Waals surface area contributed by atoms with E-state index in [2.05, 4.69) is 26.2 Å². The zero-order valence-corrected chi connectivity index (χ0v) is 10.6. The number of hydrogen-bond acceptors (Lipinski definition) is 5. The third-order valence-corrected chi connectivity index (χ3v) is 3.04. The van der Waals surface area contributed by atoms with Crippen molar-refractivity contribution in [3.63, 3.8) is 0 Å². The van der Waals surface area contributed by atoms with Crippen LogP contribution in [0.2, 0.25) is 0 Å². The summed E-state index contributed by atoms with van der Waals surface area (Å²) >= 11 is 1.30. The molecule has 17 heavy (non-hydrogen) atoms. The number of hydrogen-bond donors (Lipinski definition) is 1. The van der Waals surface area contributed by atoms with Crippen LogP contribution in [0.5, 0.6) is 0 Å². The van der Waals surface area contributed by atoms with Gasteiger partial charge in [-0.25, -0.2) is 9.97 Å². The number of nitrogens with zero attached hydrogens (tertiary/aromatic N) is 4. The lowest BCUT2D eigenvalue weighted by atomic mass is 10.1. The van der Waals surface area contributed by atoms with Crippen molar-refractivity contribution in [3.05, 3.63) is 28.7 Å². The normalized spacial score (nSPS) is 10.2. The van der Waals surface area contributed by atoms with Crippen LogP contribution in [0.4, 0.5) is 0 Å². The van der Waals surface area contributed by atoms with Crippen LogP contribution >= 0.6 is 11.8 Å². The highest BCUT2D eigenvalue weighted by Gasteiger charge is 2.12. The first-order valence-corrected chi connectivity index (χ1v) is 5.87. The van der Waals surface area contributed by atoms with Gasteiger partial charge in [0.15, 0.2) is 0 Å². The number of aromatic amines is 1. The number of H-pyrrole nitrogens is 1. The molecule has 5 nitrogen and oxygen atoms in total. The van der Waals surface area contributed by atoms with E-state index in [1.54, 1.807) is 0 Å². The highest BCUT2D eigenvalue weighted by Crippen LogP contribution is 2.27. The van der Waals surface area contributed by atoms with Crippen LogP contribution in [0.15, 0.2) is 16.2 Å². The molecule has 0 aromatic carbocycles. The Hall–Kier alpha value is -1.87. The third kappa shape index (κ3) is 2.45. The summed E-state index contributed by atoms with van der Waals surface area (Å²) in [7, 11) is 0. The highest BCUT2D eigenvalue weighted by atomic mass is 32.2. The van der Waals surface area contributed by atoms with Crippen LogP contribution in [-0.4, -0.2) is 20.2 Å². The molecule has 0 bridgehead atoms. The molecule has 0 amide bonds. The Morgan fingerprint density at radius 1 is 1.29 bits per heavy atom. The summed E-state index contributed by atoms with van der Waals surface area (Å²) in [6, 6.07) is 4.06. The average molecular weight is 245 g/mol. The third-order valence-electron chi connectivity index (χ3n) is 2.19. The van der Waals surface area contributed by atoms with Crippen molar-refractivity contribution in [1.82, 2.24) is 20.2 Å². The second kappa shape index (κ2) is 4.55. The molecule has 0 saturated heterocycles. The predicted molar refractivity (Wildman–Crippen MR) is 63.7 cm³/mol. The quantitative estimate of drug-likeness (QED) is 0.877. The second-order valence-electron chi connectivity index (χ2n) is 3.68. The minimum Gasteiger partial charge on any atom is -0.262 e. The minimum absolute atomic E-state index is 0.580. The van der Waals surface area contributed by atoms with Crippen LogP contribution < -0.4 is 0 Å². The van der Waals surface area contributed by atoms with Crippen molar-refractivity contribution >= 4 is 11.8 Å². The van der Waals surface area contributed by atoms with Crippen LogP contribution in [-0.2, 0) is 0 Å². The SMILES string of the molecule is Cc1cc(C)c(C#N)c(Sc2n[nH]c(C)n2)n1. The Kier molecular flexibility index (Phi) is 3.11. The molecule has 1 N–H and O–H groups in total. The van der Waals surface area contributed by atoms with E-state index in [1.807, 2.05) is 26.8 Å². The van der Waals surface area contributed by atoms with E-state index in [0.29, 0.717) is 15.7 Å². The van der Waals surface area contributed by atoms with Crippen molar-refractivity contribution < 1.29 is 0 Å². The molecule has 0 unspecified atom stereocenters. The summed E-state index contributed by atoms with van der Waals surface area (Å²) in [6.45, 7) is 5.64. The molecule has 0 spiro atoms. The van der Waals surface area contributed by atoms with E-state index >= 15 is 0 Å². The molecule has 86 valence electrons. The Labute approximate surface area is 103 Å². The van der Waals surface area contributed by atoms with Gasteiger partial charge in [0.25, 0.3) is 0 Å². The van der Waals surface area contributed by atoms with Crippen molar-refractivity contribution in [3.8, 4) is 6.07 Å². The predicted octanol–water partition coefficient (Wildman–Crippen LogP) is 2.15.